The molecule has 0 spiro atoms. The van der Waals surface area contributed by atoms with Gasteiger partial charge in [-0.05, 0) is 60.5 Å². The Kier molecular flexibility index (Phi) is 6.43. The lowest BCUT2D eigenvalue weighted by molar-refractivity contribution is 0.0980. The first-order chi connectivity index (χ1) is 14.5. The van der Waals surface area contributed by atoms with Crippen molar-refractivity contribution in [3.8, 4) is 0 Å². The van der Waals surface area contributed by atoms with Crippen molar-refractivity contribution in [3.63, 3.8) is 0 Å². The summed E-state index contributed by atoms with van der Waals surface area (Å²) in [5, 5.41) is 0.766. The number of carbonyl (C=O) groups excluding carboxylic acids is 2. The average Bonchev–Trinajstić information content (AvgIpc) is 2.79. The Hall–Kier alpha value is -2.33. The van der Waals surface area contributed by atoms with Crippen LogP contribution in [0.5, 0.6) is 0 Å². The van der Waals surface area contributed by atoms with Crippen molar-refractivity contribution in [1.29, 1.82) is 0 Å². The lowest BCUT2D eigenvalue weighted by atomic mass is 9.87. The normalized spacial score (nSPS) is 18.5. The monoisotopic (exact) mass is 452 g/mol. The summed E-state index contributed by atoms with van der Waals surface area (Å²) in [5.41, 5.74) is 2.25. The summed E-state index contributed by atoms with van der Waals surface area (Å²) >= 11 is 13.3. The number of hydrogen-bond donors (Lipinski definition) is 0. The predicted molar refractivity (Wildman–Crippen MR) is 125 cm³/mol. The second kappa shape index (κ2) is 9.22. The van der Waals surface area contributed by atoms with Crippen molar-refractivity contribution in [2.24, 2.45) is 0 Å². The molecule has 3 aromatic rings. The Labute approximate surface area is 189 Å². The van der Waals surface area contributed by atoms with Gasteiger partial charge in [-0.2, -0.15) is 0 Å². The predicted octanol–water partition coefficient (Wildman–Crippen LogP) is 7.23. The lowest BCUT2D eigenvalue weighted by Gasteiger charge is -2.30. The summed E-state index contributed by atoms with van der Waals surface area (Å²) in [6, 6.07) is 23.7. The third-order valence-electron chi connectivity index (χ3n) is 5.12. The zero-order valence-corrected chi connectivity index (χ0v) is 18.3. The number of hydrogen-bond acceptors (Lipinski definition) is 3. The topological polar surface area (TPSA) is 34.1 Å². The van der Waals surface area contributed by atoms with E-state index in [9.17, 15) is 9.59 Å². The highest BCUT2D eigenvalue weighted by Crippen LogP contribution is 2.43. The Morgan fingerprint density at radius 1 is 0.767 bits per heavy atom. The van der Waals surface area contributed by atoms with Gasteiger partial charge in [-0.15, -0.1) is 11.8 Å². The zero-order valence-electron chi connectivity index (χ0n) is 15.9. The highest BCUT2D eigenvalue weighted by atomic mass is 35.5. The van der Waals surface area contributed by atoms with Crippen molar-refractivity contribution in [1.82, 2.24) is 0 Å². The van der Waals surface area contributed by atoms with Crippen molar-refractivity contribution in [3.05, 3.63) is 117 Å². The molecule has 4 rings (SSSR count). The molecule has 1 aliphatic heterocycles. The molecule has 0 saturated heterocycles. The summed E-state index contributed by atoms with van der Waals surface area (Å²) < 4.78 is 0. The van der Waals surface area contributed by atoms with Crippen LogP contribution in [0.15, 0.2) is 89.8 Å². The lowest BCUT2D eigenvalue weighted by Crippen LogP contribution is -2.29. The van der Waals surface area contributed by atoms with Gasteiger partial charge in [0.15, 0.2) is 11.6 Å². The number of halogens is 2. The van der Waals surface area contributed by atoms with Gasteiger partial charge in [-0.25, -0.2) is 0 Å². The average molecular weight is 453 g/mol. The van der Waals surface area contributed by atoms with Crippen molar-refractivity contribution >= 4 is 46.5 Å². The van der Waals surface area contributed by atoms with Crippen LogP contribution in [0, 0.1) is 0 Å². The zero-order chi connectivity index (χ0) is 21.1. The van der Waals surface area contributed by atoms with E-state index in [2.05, 4.69) is 0 Å². The molecular formula is C25H18Cl2O2S. The minimum absolute atomic E-state index is 0.0000239. The van der Waals surface area contributed by atoms with E-state index in [1.54, 1.807) is 48.5 Å². The maximum atomic E-state index is 13.4. The molecular weight excluding hydrogens is 435 g/mol. The Morgan fingerprint density at radius 3 is 1.93 bits per heavy atom. The van der Waals surface area contributed by atoms with Crippen LogP contribution in [0.4, 0.5) is 0 Å². The summed E-state index contributed by atoms with van der Waals surface area (Å²) in [6.07, 6.45) is 2.57. The molecule has 0 amide bonds. The number of allylic oxidation sites excluding steroid dienone is 2. The SMILES string of the molecule is O=C(C1=CC[C@@H](c2ccccc2)[C@H](C(=O)c2ccc(Cl)cc2)S1)c1ccc(Cl)cc1. The van der Waals surface area contributed by atoms with Crippen LogP contribution in [0.25, 0.3) is 0 Å². The van der Waals surface area contributed by atoms with Crippen LogP contribution in [-0.4, -0.2) is 16.8 Å². The number of carbonyl (C=O) groups is 2. The molecule has 0 radical (unpaired) electrons. The van der Waals surface area contributed by atoms with Gasteiger partial charge in [0, 0.05) is 27.1 Å². The molecule has 0 N–H and O–H groups in total. The summed E-state index contributed by atoms with van der Waals surface area (Å²) in [6.45, 7) is 0. The Balaban J connectivity index is 1.67. The first kappa shape index (κ1) is 20.9. The van der Waals surface area contributed by atoms with Crippen LogP contribution >= 0.6 is 35.0 Å². The highest BCUT2D eigenvalue weighted by Gasteiger charge is 2.35. The second-order valence-electron chi connectivity index (χ2n) is 7.07. The molecule has 1 aliphatic rings. The van der Waals surface area contributed by atoms with Crippen molar-refractivity contribution < 1.29 is 9.59 Å². The van der Waals surface area contributed by atoms with Gasteiger partial charge in [0.2, 0.25) is 0 Å². The van der Waals surface area contributed by atoms with E-state index in [0.717, 1.165) is 5.56 Å². The quantitative estimate of drug-likeness (QED) is 0.382. The van der Waals surface area contributed by atoms with Gasteiger partial charge >= 0.3 is 0 Å². The first-order valence-electron chi connectivity index (χ1n) is 9.55. The minimum atomic E-state index is -0.398. The number of Topliss-reactive ketones (excluding diaryl/α,β-unsaturated/α-hetero) is 2. The van der Waals surface area contributed by atoms with Crippen LogP contribution in [0.3, 0.4) is 0 Å². The maximum Gasteiger partial charge on any atom is 0.199 e. The molecule has 0 unspecified atom stereocenters. The molecule has 0 aliphatic carbocycles. The summed E-state index contributed by atoms with van der Waals surface area (Å²) in [4.78, 5) is 27.1. The number of ketones is 2. The minimum Gasteiger partial charge on any atom is -0.293 e. The van der Waals surface area contributed by atoms with Gasteiger partial charge in [0.25, 0.3) is 0 Å². The van der Waals surface area contributed by atoms with Crippen molar-refractivity contribution in [2.75, 3.05) is 0 Å². The van der Waals surface area contributed by atoms with Gasteiger partial charge < -0.3 is 0 Å². The smallest absolute Gasteiger partial charge is 0.199 e. The fourth-order valence-electron chi connectivity index (χ4n) is 3.54. The molecule has 1 heterocycles. The molecule has 2 nitrogen and oxygen atoms in total. The largest absolute Gasteiger partial charge is 0.293 e. The Morgan fingerprint density at radius 2 is 1.33 bits per heavy atom. The fourth-order valence-corrected chi connectivity index (χ4v) is 5.16. The van der Waals surface area contributed by atoms with Crippen LogP contribution in [0.2, 0.25) is 10.0 Å². The van der Waals surface area contributed by atoms with Gasteiger partial charge in [-0.3, -0.25) is 9.59 Å². The van der Waals surface area contributed by atoms with Gasteiger partial charge in [-0.1, -0.05) is 59.6 Å². The summed E-state index contributed by atoms with van der Waals surface area (Å²) in [5.74, 6) is -0.0988. The molecule has 2 atom stereocenters. The molecule has 0 aromatic heterocycles. The maximum absolute atomic E-state index is 13.4. The molecule has 5 heteroatoms. The molecule has 0 bridgehead atoms. The van der Waals surface area contributed by atoms with Crippen LogP contribution in [0.1, 0.15) is 38.6 Å². The van der Waals surface area contributed by atoms with E-state index < -0.39 is 5.25 Å². The molecule has 3 aromatic carbocycles. The van der Waals surface area contributed by atoms with E-state index in [-0.39, 0.29) is 17.5 Å². The van der Waals surface area contributed by atoms with E-state index in [4.69, 9.17) is 23.2 Å². The van der Waals surface area contributed by atoms with Gasteiger partial charge in [0.1, 0.15) is 0 Å². The standard InChI is InChI=1S/C25H18Cl2O2S/c26-19-10-6-17(7-11-19)23(28)22-15-14-21(16-4-2-1-3-5-16)25(30-22)24(29)18-8-12-20(27)13-9-18/h1-13,15,21,25H,14H2/t21-,25+/m0/s1. The first-order valence-corrected chi connectivity index (χ1v) is 11.2. The Bertz CT molecular complexity index is 1090. The van der Waals surface area contributed by atoms with Crippen LogP contribution < -0.4 is 0 Å². The second-order valence-corrected chi connectivity index (χ2v) is 9.12. The van der Waals surface area contributed by atoms with Gasteiger partial charge in [0.05, 0.1) is 10.2 Å². The fraction of sp³-hybridized carbons (Fsp3) is 0.120. The number of rotatable bonds is 5. The van der Waals surface area contributed by atoms with E-state index in [1.807, 2.05) is 36.4 Å². The van der Waals surface area contributed by atoms with E-state index >= 15 is 0 Å². The molecule has 0 fully saturated rings. The molecule has 150 valence electrons. The number of benzene rings is 3. The number of thioether (sulfide) groups is 1. The molecule has 0 saturated carbocycles. The highest BCUT2D eigenvalue weighted by molar-refractivity contribution is 8.05. The van der Waals surface area contributed by atoms with E-state index in [1.165, 1.54) is 11.8 Å². The van der Waals surface area contributed by atoms with Crippen LogP contribution in [-0.2, 0) is 0 Å². The third-order valence-corrected chi connectivity index (χ3v) is 7.03. The van der Waals surface area contributed by atoms with Crippen molar-refractivity contribution in [2.45, 2.75) is 17.6 Å². The summed E-state index contributed by atoms with van der Waals surface area (Å²) in [7, 11) is 0. The molecule has 30 heavy (non-hydrogen) atoms. The third kappa shape index (κ3) is 4.54. The van der Waals surface area contributed by atoms with E-state index in [0.29, 0.717) is 32.5 Å².